The van der Waals surface area contributed by atoms with Crippen molar-refractivity contribution in [1.82, 2.24) is 5.32 Å². The first-order chi connectivity index (χ1) is 5.83. The van der Waals surface area contributed by atoms with E-state index in [4.69, 9.17) is 5.73 Å². The zero-order valence-corrected chi connectivity index (χ0v) is 7.55. The molecule has 5 nitrogen and oxygen atoms in total. The highest BCUT2D eigenvalue weighted by molar-refractivity contribution is 6.18. The van der Waals surface area contributed by atoms with Crippen LogP contribution in [0.5, 0.6) is 0 Å². The molecule has 0 saturated heterocycles. The molecule has 1 heterocycles. The highest BCUT2D eigenvalue weighted by Crippen LogP contribution is 2.22. The number of rotatable bonds is 1. The normalized spacial score (nSPS) is 21.2. The quantitative estimate of drug-likeness (QED) is 0.483. The molecule has 0 saturated carbocycles. The minimum Gasteiger partial charge on any atom is -0.511 e. The highest BCUT2D eigenvalue weighted by atomic mass is 16.3. The Bertz CT molecular complexity index is 305. The van der Waals surface area contributed by atoms with Gasteiger partial charge in [-0.25, -0.2) is 0 Å². The van der Waals surface area contributed by atoms with Crippen molar-refractivity contribution in [2.24, 2.45) is 5.73 Å². The van der Waals surface area contributed by atoms with E-state index in [1.54, 1.807) is 13.8 Å². The van der Waals surface area contributed by atoms with Crippen LogP contribution >= 0.6 is 0 Å². The topological polar surface area (TPSA) is 92.4 Å². The van der Waals surface area contributed by atoms with Crippen LogP contribution in [-0.4, -0.2) is 22.5 Å². The zero-order valence-electron chi connectivity index (χ0n) is 7.55. The molecule has 0 fully saturated rings. The first-order valence-corrected chi connectivity index (χ1v) is 3.88. The van der Waals surface area contributed by atoms with Gasteiger partial charge in [-0.3, -0.25) is 9.59 Å². The van der Waals surface area contributed by atoms with Crippen LogP contribution < -0.4 is 11.1 Å². The summed E-state index contributed by atoms with van der Waals surface area (Å²) >= 11 is 0. The van der Waals surface area contributed by atoms with Crippen molar-refractivity contribution < 1.29 is 14.7 Å². The molecule has 1 rings (SSSR count). The molecule has 0 radical (unpaired) electrons. The smallest absolute Gasteiger partial charge is 0.260 e. The molecule has 0 aliphatic carbocycles. The third-order valence-corrected chi connectivity index (χ3v) is 1.82. The molecular formula is C8H12N2O3. The number of primary amides is 1. The fraction of sp³-hybridized carbons (Fsp3) is 0.500. The average molecular weight is 184 g/mol. The van der Waals surface area contributed by atoms with Gasteiger partial charge in [0.15, 0.2) is 0 Å². The second-order valence-corrected chi connectivity index (χ2v) is 3.70. The maximum atomic E-state index is 11.2. The molecule has 2 amide bonds. The Morgan fingerprint density at radius 1 is 1.62 bits per heavy atom. The zero-order chi connectivity index (χ0) is 10.2. The van der Waals surface area contributed by atoms with Crippen molar-refractivity contribution in [2.75, 3.05) is 0 Å². The molecule has 0 bridgehead atoms. The maximum absolute atomic E-state index is 11.2. The van der Waals surface area contributed by atoms with E-state index in [2.05, 4.69) is 5.32 Å². The van der Waals surface area contributed by atoms with Gasteiger partial charge in [-0.2, -0.15) is 0 Å². The van der Waals surface area contributed by atoms with E-state index in [0.717, 1.165) is 0 Å². The largest absolute Gasteiger partial charge is 0.511 e. The molecular weight excluding hydrogens is 172 g/mol. The Morgan fingerprint density at radius 3 is 2.54 bits per heavy atom. The standard InChI is InChI=1S/C8H12N2O3/c1-8(2)3-4(11)5(6(9)12)7(13)10-8/h11H,3H2,1-2H3,(H2,9,12)(H,10,13). The summed E-state index contributed by atoms with van der Waals surface area (Å²) in [7, 11) is 0. The van der Waals surface area contributed by atoms with Crippen LogP contribution in [0.4, 0.5) is 0 Å². The van der Waals surface area contributed by atoms with Gasteiger partial charge in [-0.05, 0) is 13.8 Å². The summed E-state index contributed by atoms with van der Waals surface area (Å²) in [6.45, 7) is 3.50. The summed E-state index contributed by atoms with van der Waals surface area (Å²) in [5.41, 5.74) is 4.06. The van der Waals surface area contributed by atoms with Gasteiger partial charge in [0.05, 0.1) is 0 Å². The number of aliphatic hydroxyl groups is 1. The second-order valence-electron chi connectivity index (χ2n) is 3.70. The number of nitrogens with two attached hydrogens (primary N) is 1. The van der Waals surface area contributed by atoms with Crippen LogP contribution in [0.25, 0.3) is 0 Å². The van der Waals surface area contributed by atoms with E-state index >= 15 is 0 Å². The van der Waals surface area contributed by atoms with E-state index < -0.39 is 17.4 Å². The lowest BCUT2D eigenvalue weighted by atomic mass is 9.92. The van der Waals surface area contributed by atoms with Crippen LogP contribution in [0.1, 0.15) is 20.3 Å². The van der Waals surface area contributed by atoms with Crippen molar-refractivity contribution in [3.05, 3.63) is 11.3 Å². The van der Waals surface area contributed by atoms with Crippen molar-refractivity contribution in [3.63, 3.8) is 0 Å². The summed E-state index contributed by atoms with van der Waals surface area (Å²) in [5, 5.41) is 11.9. The molecule has 5 heteroatoms. The number of nitrogens with one attached hydrogen (secondary N) is 1. The molecule has 4 N–H and O–H groups in total. The molecule has 72 valence electrons. The third kappa shape index (κ3) is 1.80. The van der Waals surface area contributed by atoms with Crippen LogP contribution in [0, 0.1) is 0 Å². The van der Waals surface area contributed by atoms with E-state index in [1.807, 2.05) is 0 Å². The van der Waals surface area contributed by atoms with E-state index in [9.17, 15) is 14.7 Å². The third-order valence-electron chi connectivity index (χ3n) is 1.82. The lowest BCUT2D eigenvalue weighted by Gasteiger charge is -2.30. The van der Waals surface area contributed by atoms with Crippen molar-refractivity contribution >= 4 is 11.8 Å². The number of hydrogen-bond donors (Lipinski definition) is 3. The fourth-order valence-electron chi connectivity index (χ4n) is 1.31. The molecule has 1 aliphatic rings. The Labute approximate surface area is 75.6 Å². The average Bonchev–Trinajstić information content (AvgIpc) is 1.78. The van der Waals surface area contributed by atoms with Gasteiger partial charge in [-0.15, -0.1) is 0 Å². The fourth-order valence-corrected chi connectivity index (χ4v) is 1.31. The van der Waals surface area contributed by atoms with Crippen LogP contribution in [0.3, 0.4) is 0 Å². The van der Waals surface area contributed by atoms with E-state index in [0.29, 0.717) is 0 Å². The van der Waals surface area contributed by atoms with Crippen LogP contribution in [0.15, 0.2) is 11.3 Å². The van der Waals surface area contributed by atoms with Crippen LogP contribution in [-0.2, 0) is 9.59 Å². The molecule has 0 unspecified atom stereocenters. The highest BCUT2D eigenvalue weighted by Gasteiger charge is 2.34. The lowest BCUT2D eigenvalue weighted by Crippen LogP contribution is -2.50. The van der Waals surface area contributed by atoms with E-state index in [1.165, 1.54) is 0 Å². The molecule has 0 aromatic rings. The minimum atomic E-state index is -0.898. The Hall–Kier alpha value is -1.52. The van der Waals surface area contributed by atoms with Gasteiger partial charge in [0.25, 0.3) is 11.8 Å². The SMILES string of the molecule is CC1(C)CC(O)=C(C(N)=O)C(=O)N1. The van der Waals surface area contributed by atoms with Crippen molar-refractivity contribution in [3.8, 4) is 0 Å². The molecule has 0 aromatic carbocycles. The van der Waals surface area contributed by atoms with Gasteiger partial charge in [0.2, 0.25) is 0 Å². The monoisotopic (exact) mass is 184 g/mol. The molecule has 13 heavy (non-hydrogen) atoms. The molecule has 0 atom stereocenters. The number of carbonyl (C=O) groups excluding carboxylic acids is 2. The Morgan fingerprint density at radius 2 is 2.15 bits per heavy atom. The van der Waals surface area contributed by atoms with Gasteiger partial charge >= 0.3 is 0 Å². The van der Waals surface area contributed by atoms with Gasteiger partial charge in [-0.1, -0.05) is 0 Å². The first-order valence-electron chi connectivity index (χ1n) is 3.88. The Balaban J connectivity index is 3.09. The number of hydrogen-bond acceptors (Lipinski definition) is 3. The molecule has 0 aromatic heterocycles. The summed E-state index contributed by atoms with van der Waals surface area (Å²) in [4.78, 5) is 22.0. The predicted octanol–water partition coefficient (Wildman–Crippen LogP) is -0.418. The van der Waals surface area contributed by atoms with Gasteiger partial charge in [0, 0.05) is 12.0 Å². The summed E-state index contributed by atoms with van der Waals surface area (Å²) < 4.78 is 0. The van der Waals surface area contributed by atoms with Gasteiger partial charge in [0.1, 0.15) is 11.3 Å². The van der Waals surface area contributed by atoms with Crippen molar-refractivity contribution in [1.29, 1.82) is 0 Å². The van der Waals surface area contributed by atoms with Crippen molar-refractivity contribution in [2.45, 2.75) is 25.8 Å². The predicted molar refractivity (Wildman–Crippen MR) is 45.7 cm³/mol. The lowest BCUT2D eigenvalue weighted by molar-refractivity contribution is -0.124. The number of amides is 2. The number of aliphatic hydroxyl groups excluding tert-OH is 1. The minimum absolute atomic E-state index is 0.219. The first kappa shape index (κ1) is 9.57. The molecule has 0 spiro atoms. The maximum Gasteiger partial charge on any atom is 0.260 e. The molecule has 1 aliphatic heterocycles. The summed E-state index contributed by atoms with van der Waals surface area (Å²) in [6, 6.07) is 0. The second kappa shape index (κ2) is 2.76. The number of carbonyl (C=O) groups is 2. The van der Waals surface area contributed by atoms with Crippen LogP contribution in [0.2, 0.25) is 0 Å². The van der Waals surface area contributed by atoms with E-state index in [-0.39, 0.29) is 17.8 Å². The summed E-state index contributed by atoms with van der Waals surface area (Å²) in [5.74, 6) is -1.74. The van der Waals surface area contributed by atoms with Gasteiger partial charge < -0.3 is 16.2 Å². The summed E-state index contributed by atoms with van der Waals surface area (Å²) in [6.07, 6.45) is 0.219. The Kier molecular flexibility index (Phi) is 2.03.